The van der Waals surface area contributed by atoms with Crippen molar-refractivity contribution in [2.45, 2.75) is 20.4 Å². The Bertz CT molecular complexity index is 576. The highest BCUT2D eigenvalue weighted by atomic mass is 32.1. The first-order valence-electron chi connectivity index (χ1n) is 5.97. The number of carbonyl (C=O) groups is 1. The third-order valence-corrected chi connectivity index (χ3v) is 3.59. The number of rotatable bonds is 5. The van der Waals surface area contributed by atoms with E-state index in [9.17, 15) is 4.79 Å². The van der Waals surface area contributed by atoms with Crippen LogP contribution in [0, 0.1) is 6.92 Å². The van der Waals surface area contributed by atoms with E-state index in [0.29, 0.717) is 24.4 Å². The van der Waals surface area contributed by atoms with Crippen molar-refractivity contribution in [2.75, 3.05) is 11.9 Å². The topological polar surface area (TPSA) is 69.0 Å². The monoisotopic (exact) mass is 280 g/mol. The highest BCUT2D eigenvalue weighted by molar-refractivity contribution is 7.10. The maximum absolute atomic E-state index is 11.9. The van der Waals surface area contributed by atoms with Crippen LogP contribution in [0.1, 0.15) is 28.7 Å². The summed E-state index contributed by atoms with van der Waals surface area (Å²) in [7, 11) is 1.88. The van der Waals surface area contributed by atoms with Crippen LogP contribution in [0.4, 0.5) is 5.00 Å². The zero-order valence-corrected chi connectivity index (χ0v) is 12.0. The number of anilines is 1. The van der Waals surface area contributed by atoms with Gasteiger partial charge in [0.25, 0.3) is 0 Å². The third kappa shape index (κ3) is 2.93. The Kier molecular flexibility index (Phi) is 4.16. The number of aromatic nitrogens is 3. The minimum absolute atomic E-state index is 0.332. The predicted molar refractivity (Wildman–Crippen MR) is 73.3 cm³/mol. The maximum Gasteiger partial charge on any atom is 0.343 e. The summed E-state index contributed by atoms with van der Waals surface area (Å²) in [5.74, 6) is -0.332. The average molecular weight is 280 g/mol. The van der Waals surface area contributed by atoms with Gasteiger partial charge in [-0.25, -0.2) is 4.79 Å². The van der Waals surface area contributed by atoms with Gasteiger partial charge in [0.05, 0.1) is 24.5 Å². The lowest BCUT2D eigenvalue weighted by molar-refractivity contribution is 0.0527. The van der Waals surface area contributed by atoms with Crippen molar-refractivity contribution in [1.82, 2.24) is 14.2 Å². The van der Waals surface area contributed by atoms with Gasteiger partial charge < -0.3 is 10.1 Å². The summed E-state index contributed by atoms with van der Waals surface area (Å²) in [6.45, 7) is 4.54. The van der Waals surface area contributed by atoms with E-state index in [0.717, 1.165) is 10.7 Å². The molecule has 0 aliphatic carbocycles. The summed E-state index contributed by atoms with van der Waals surface area (Å²) in [5.41, 5.74) is 2.24. The molecule has 0 aliphatic heterocycles. The molecule has 6 nitrogen and oxygen atoms in total. The van der Waals surface area contributed by atoms with E-state index < -0.39 is 0 Å². The Morgan fingerprint density at radius 1 is 1.58 bits per heavy atom. The first-order chi connectivity index (χ1) is 9.13. The van der Waals surface area contributed by atoms with E-state index in [4.69, 9.17) is 4.74 Å². The van der Waals surface area contributed by atoms with Crippen molar-refractivity contribution < 1.29 is 9.53 Å². The Morgan fingerprint density at radius 2 is 2.37 bits per heavy atom. The molecule has 0 fully saturated rings. The lowest BCUT2D eigenvalue weighted by Gasteiger charge is -2.07. The Balaban J connectivity index is 2.13. The standard InChI is InChI=1S/C12H16N4O2S/c1-4-18-12(17)10-8(2)15-19-11(10)13-7-9-5-6-14-16(9)3/h5-6,13H,4,7H2,1-3H3. The van der Waals surface area contributed by atoms with Gasteiger partial charge in [-0.2, -0.15) is 9.47 Å². The van der Waals surface area contributed by atoms with Gasteiger partial charge in [-0.05, 0) is 31.4 Å². The molecule has 7 heteroatoms. The SMILES string of the molecule is CCOC(=O)c1c(C)nsc1NCc1ccnn1C. The highest BCUT2D eigenvalue weighted by Gasteiger charge is 2.19. The lowest BCUT2D eigenvalue weighted by atomic mass is 10.2. The second kappa shape index (κ2) is 5.83. The van der Waals surface area contributed by atoms with Crippen LogP contribution in [0.3, 0.4) is 0 Å². The van der Waals surface area contributed by atoms with Gasteiger partial charge in [-0.3, -0.25) is 4.68 Å². The quantitative estimate of drug-likeness (QED) is 0.848. The van der Waals surface area contributed by atoms with Gasteiger partial charge in [0.15, 0.2) is 0 Å². The van der Waals surface area contributed by atoms with Gasteiger partial charge in [-0.1, -0.05) is 0 Å². The molecule has 0 aromatic carbocycles. The van der Waals surface area contributed by atoms with Crippen molar-refractivity contribution in [3.05, 3.63) is 29.2 Å². The molecule has 0 spiro atoms. The van der Waals surface area contributed by atoms with E-state index in [2.05, 4.69) is 14.8 Å². The van der Waals surface area contributed by atoms with Crippen LogP contribution >= 0.6 is 11.5 Å². The predicted octanol–water partition coefficient (Wildman–Crippen LogP) is 1.97. The average Bonchev–Trinajstić information content (AvgIpc) is 2.93. The molecule has 1 N–H and O–H groups in total. The minimum Gasteiger partial charge on any atom is -0.462 e. The molecule has 2 rings (SSSR count). The number of hydrogen-bond donors (Lipinski definition) is 1. The second-order valence-electron chi connectivity index (χ2n) is 3.99. The van der Waals surface area contributed by atoms with Crippen LogP contribution in [0.15, 0.2) is 12.3 Å². The molecule has 19 heavy (non-hydrogen) atoms. The highest BCUT2D eigenvalue weighted by Crippen LogP contribution is 2.25. The van der Waals surface area contributed by atoms with E-state index in [1.54, 1.807) is 24.7 Å². The molecule has 2 aromatic rings. The van der Waals surface area contributed by atoms with Crippen molar-refractivity contribution >= 4 is 22.5 Å². The Morgan fingerprint density at radius 3 is 3.00 bits per heavy atom. The fraction of sp³-hybridized carbons (Fsp3) is 0.417. The van der Waals surface area contributed by atoms with Gasteiger partial charge in [0.1, 0.15) is 10.6 Å². The van der Waals surface area contributed by atoms with E-state index in [1.165, 1.54) is 11.5 Å². The summed E-state index contributed by atoms with van der Waals surface area (Å²) < 4.78 is 11.0. The van der Waals surface area contributed by atoms with Crippen molar-refractivity contribution in [2.24, 2.45) is 7.05 Å². The molecule has 0 bridgehead atoms. The number of hydrogen-bond acceptors (Lipinski definition) is 6. The molecule has 102 valence electrons. The van der Waals surface area contributed by atoms with Gasteiger partial charge in [0.2, 0.25) is 0 Å². The van der Waals surface area contributed by atoms with Crippen LogP contribution in [0.25, 0.3) is 0 Å². The number of ether oxygens (including phenoxy) is 1. The normalized spacial score (nSPS) is 10.5. The molecular formula is C12H16N4O2S. The summed E-state index contributed by atoms with van der Waals surface area (Å²) in [6.07, 6.45) is 1.74. The first kappa shape index (κ1) is 13.5. The fourth-order valence-electron chi connectivity index (χ4n) is 1.68. The molecule has 0 radical (unpaired) electrons. The maximum atomic E-state index is 11.9. The van der Waals surface area contributed by atoms with Crippen LogP contribution in [0.2, 0.25) is 0 Å². The zero-order chi connectivity index (χ0) is 13.8. The van der Waals surface area contributed by atoms with Crippen molar-refractivity contribution in [1.29, 1.82) is 0 Å². The minimum atomic E-state index is -0.332. The lowest BCUT2D eigenvalue weighted by Crippen LogP contribution is -2.10. The van der Waals surface area contributed by atoms with Crippen LogP contribution in [0.5, 0.6) is 0 Å². The van der Waals surface area contributed by atoms with E-state index in [-0.39, 0.29) is 5.97 Å². The van der Waals surface area contributed by atoms with Crippen LogP contribution < -0.4 is 5.32 Å². The number of nitrogens with zero attached hydrogens (tertiary/aromatic N) is 3. The molecule has 0 aliphatic rings. The first-order valence-corrected chi connectivity index (χ1v) is 6.75. The molecule has 0 atom stereocenters. The van der Waals surface area contributed by atoms with Gasteiger partial charge >= 0.3 is 5.97 Å². The Labute approximate surface area is 115 Å². The molecule has 0 saturated heterocycles. The summed E-state index contributed by atoms with van der Waals surface area (Å²) in [5, 5.41) is 8.04. The molecule has 0 saturated carbocycles. The third-order valence-electron chi connectivity index (χ3n) is 2.69. The molecule has 0 amide bonds. The van der Waals surface area contributed by atoms with Crippen LogP contribution in [-0.4, -0.2) is 26.7 Å². The fourth-order valence-corrected chi connectivity index (χ4v) is 2.46. The molecule has 0 unspecified atom stereocenters. The largest absolute Gasteiger partial charge is 0.462 e. The second-order valence-corrected chi connectivity index (χ2v) is 4.77. The molecule has 2 heterocycles. The van der Waals surface area contributed by atoms with Gasteiger partial charge in [0, 0.05) is 13.2 Å². The number of carbonyl (C=O) groups excluding carboxylic acids is 1. The van der Waals surface area contributed by atoms with Crippen molar-refractivity contribution in [3.63, 3.8) is 0 Å². The summed E-state index contributed by atoms with van der Waals surface area (Å²) in [4.78, 5) is 11.9. The Hall–Kier alpha value is -1.89. The van der Waals surface area contributed by atoms with Gasteiger partial charge in [-0.15, -0.1) is 0 Å². The van der Waals surface area contributed by atoms with E-state index >= 15 is 0 Å². The summed E-state index contributed by atoms with van der Waals surface area (Å²) >= 11 is 1.27. The molecular weight excluding hydrogens is 264 g/mol. The number of nitrogens with one attached hydrogen (secondary N) is 1. The molecule has 2 aromatic heterocycles. The summed E-state index contributed by atoms with van der Waals surface area (Å²) in [6, 6.07) is 1.92. The van der Waals surface area contributed by atoms with E-state index in [1.807, 2.05) is 13.1 Å². The zero-order valence-electron chi connectivity index (χ0n) is 11.1. The van der Waals surface area contributed by atoms with Crippen molar-refractivity contribution in [3.8, 4) is 0 Å². The number of aryl methyl sites for hydroxylation is 2. The smallest absolute Gasteiger partial charge is 0.343 e. The van der Waals surface area contributed by atoms with Crippen LogP contribution in [-0.2, 0) is 18.3 Å². The number of esters is 1.